The summed E-state index contributed by atoms with van der Waals surface area (Å²) in [4.78, 5) is 28.5. The summed E-state index contributed by atoms with van der Waals surface area (Å²) >= 11 is 12.3. The summed E-state index contributed by atoms with van der Waals surface area (Å²) in [6.45, 7) is 0. The van der Waals surface area contributed by atoms with E-state index in [0.717, 1.165) is 37.0 Å². The molecule has 1 amide bonds. The number of halogens is 2. The van der Waals surface area contributed by atoms with Crippen LogP contribution in [-0.4, -0.2) is 16.4 Å². The van der Waals surface area contributed by atoms with Crippen molar-refractivity contribution in [2.75, 3.05) is 0 Å². The third-order valence-electron chi connectivity index (χ3n) is 6.55. The molecule has 26 heavy (non-hydrogen) atoms. The number of fused-ring (bicyclic) bond motifs is 1. The molecule has 6 rings (SSSR count). The highest BCUT2D eigenvalue weighted by molar-refractivity contribution is 6.39. The van der Waals surface area contributed by atoms with Gasteiger partial charge in [-0.1, -0.05) is 23.2 Å². The summed E-state index contributed by atoms with van der Waals surface area (Å²) in [6.07, 6.45) is 7.14. The fourth-order valence-corrected chi connectivity index (χ4v) is 6.44. The number of carbonyl (C=O) groups is 1. The van der Waals surface area contributed by atoms with Gasteiger partial charge in [-0.05, 0) is 68.4 Å². The monoisotopic (exact) mass is 390 g/mol. The number of amides is 1. The summed E-state index contributed by atoms with van der Waals surface area (Å²) in [7, 11) is 0. The van der Waals surface area contributed by atoms with Crippen molar-refractivity contribution >= 4 is 40.0 Å². The first kappa shape index (κ1) is 16.6. The van der Waals surface area contributed by atoms with E-state index in [9.17, 15) is 9.59 Å². The third-order valence-corrected chi connectivity index (χ3v) is 7.18. The molecule has 0 aliphatic heterocycles. The van der Waals surface area contributed by atoms with E-state index in [0.29, 0.717) is 20.9 Å². The molecule has 2 N–H and O–H groups in total. The summed E-state index contributed by atoms with van der Waals surface area (Å²) in [6, 6.07) is 4.56. The van der Waals surface area contributed by atoms with E-state index >= 15 is 0 Å². The van der Waals surface area contributed by atoms with Gasteiger partial charge in [0, 0.05) is 11.6 Å². The number of hydrogen-bond acceptors (Lipinski definition) is 2. The first-order valence-electron chi connectivity index (χ1n) is 9.26. The predicted molar refractivity (Wildman–Crippen MR) is 103 cm³/mol. The summed E-state index contributed by atoms with van der Waals surface area (Å²) in [5.74, 6) is 2.00. The second-order valence-corrected chi connectivity index (χ2v) is 9.29. The molecule has 0 atom stereocenters. The molecule has 1 aromatic carbocycles. The van der Waals surface area contributed by atoms with Gasteiger partial charge >= 0.3 is 0 Å². The maximum Gasteiger partial charge on any atom is 0.268 e. The highest BCUT2D eigenvalue weighted by atomic mass is 35.5. The highest BCUT2D eigenvalue weighted by Crippen LogP contribution is 2.55. The van der Waals surface area contributed by atoms with Gasteiger partial charge in [-0.3, -0.25) is 9.59 Å². The zero-order valence-electron chi connectivity index (χ0n) is 14.3. The number of pyridine rings is 1. The number of carbonyl (C=O) groups excluding carboxylic acids is 1. The maximum absolute atomic E-state index is 13.0. The lowest BCUT2D eigenvalue weighted by Gasteiger charge is -2.56. The van der Waals surface area contributed by atoms with Gasteiger partial charge in [0.05, 0.1) is 20.9 Å². The van der Waals surface area contributed by atoms with E-state index in [1.807, 2.05) is 0 Å². The van der Waals surface area contributed by atoms with Gasteiger partial charge in [0.1, 0.15) is 5.69 Å². The minimum Gasteiger partial charge on any atom is -0.349 e. The number of nitrogens with one attached hydrogen (secondary N) is 2. The molecule has 4 fully saturated rings. The van der Waals surface area contributed by atoms with Gasteiger partial charge < -0.3 is 10.3 Å². The molecule has 6 heteroatoms. The molecule has 4 aliphatic carbocycles. The molecule has 0 radical (unpaired) electrons. The van der Waals surface area contributed by atoms with E-state index in [-0.39, 0.29) is 22.6 Å². The maximum atomic E-state index is 13.0. The molecule has 4 saturated carbocycles. The van der Waals surface area contributed by atoms with Crippen molar-refractivity contribution in [2.45, 2.75) is 44.1 Å². The molecule has 0 spiro atoms. The zero-order valence-corrected chi connectivity index (χ0v) is 15.8. The second kappa shape index (κ2) is 5.74. The number of rotatable bonds is 2. The van der Waals surface area contributed by atoms with Crippen molar-refractivity contribution in [2.24, 2.45) is 17.8 Å². The highest BCUT2D eigenvalue weighted by Gasteiger charge is 2.51. The topological polar surface area (TPSA) is 62.0 Å². The van der Waals surface area contributed by atoms with Crippen LogP contribution in [0.2, 0.25) is 10.0 Å². The Kier molecular flexibility index (Phi) is 3.67. The van der Waals surface area contributed by atoms with Gasteiger partial charge in [-0.2, -0.15) is 0 Å². The Morgan fingerprint density at radius 3 is 2.23 bits per heavy atom. The minimum absolute atomic E-state index is 0.101. The molecule has 2 aromatic rings. The number of hydrogen-bond donors (Lipinski definition) is 2. The summed E-state index contributed by atoms with van der Waals surface area (Å²) < 4.78 is 0. The quantitative estimate of drug-likeness (QED) is 0.790. The number of H-pyrrole nitrogens is 1. The SMILES string of the molecule is O=C(NC12CC3CC(CC(C3)C1)C2)c1cc(=O)c2c(Cl)ccc(Cl)c2[nH]1. The lowest BCUT2D eigenvalue weighted by Crippen LogP contribution is -2.60. The van der Waals surface area contributed by atoms with Crippen molar-refractivity contribution in [1.29, 1.82) is 0 Å². The van der Waals surface area contributed by atoms with Crippen LogP contribution in [0.25, 0.3) is 10.9 Å². The molecule has 0 unspecified atom stereocenters. The van der Waals surface area contributed by atoms with Crippen molar-refractivity contribution in [3.63, 3.8) is 0 Å². The van der Waals surface area contributed by atoms with Crippen LogP contribution in [0.1, 0.15) is 49.0 Å². The first-order chi connectivity index (χ1) is 12.4. The standard InChI is InChI=1S/C20H20Cl2N2O2/c21-13-1-2-14(22)18-17(13)16(25)6-15(23-18)19(26)24-20-7-10-3-11(8-20)5-12(4-10)9-20/h1-2,6,10-12H,3-5,7-9H2,(H,23,25)(H,24,26). The van der Waals surface area contributed by atoms with Crippen LogP contribution >= 0.6 is 23.2 Å². The Bertz CT molecular complexity index is 946. The van der Waals surface area contributed by atoms with Crippen molar-refractivity contribution in [1.82, 2.24) is 10.3 Å². The molecular formula is C20H20Cl2N2O2. The van der Waals surface area contributed by atoms with Crippen LogP contribution in [0.3, 0.4) is 0 Å². The van der Waals surface area contributed by atoms with Crippen molar-refractivity contribution in [3.05, 3.63) is 44.2 Å². The van der Waals surface area contributed by atoms with Crippen molar-refractivity contribution in [3.8, 4) is 0 Å². The Labute approximate surface area is 161 Å². The normalized spacial score (nSPS) is 32.2. The van der Waals surface area contributed by atoms with E-state index in [1.54, 1.807) is 12.1 Å². The summed E-state index contributed by atoms with van der Waals surface area (Å²) in [5.41, 5.74) is 0.280. The smallest absolute Gasteiger partial charge is 0.268 e. The van der Waals surface area contributed by atoms with Crippen LogP contribution in [0.4, 0.5) is 0 Å². The van der Waals surface area contributed by atoms with Crippen molar-refractivity contribution < 1.29 is 4.79 Å². The summed E-state index contributed by atoms with van der Waals surface area (Å²) in [5, 5.41) is 4.32. The predicted octanol–water partition coefficient (Wildman–Crippen LogP) is 4.53. The van der Waals surface area contributed by atoms with E-state index in [4.69, 9.17) is 23.2 Å². The lowest BCUT2D eigenvalue weighted by atomic mass is 9.53. The van der Waals surface area contributed by atoms with E-state index in [1.165, 1.54) is 25.3 Å². The Hall–Kier alpha value is -1.52. The van der Waals surface area contributed by atoms with Crippen LogP contribution in [0, 0.1) is 17.8 Å². The molecule has 4 bridgehead atoms. The van der Waals surface area contributed by atoms with Crippen LogP contribution in [0.15, 0.2) is 23.0 Å². The van der Waals surface area contributed by atoms with E-state index < -0.39 is 0 Å². The number of aromatic amines is 1. The second-order valence-electron chi connectivity index (χ2n) is 8.48. The zero-order chi connectivity index (χ0) is 18.1. The number of benzene rings is 1. The first-order valence-corrected chi connectivity index (χ1v) is 10.0. The number of aromatic nitrogens is 1. The fraction of sp³-hybridized carbons (Fsp3) is 0.500. The molecule has 1 aromatic heterocycles. The Morgan fingerprint density at radius 2 is 1.62 bits per heavy atom. The van der Waals surface area contributed by atoms with Gasteiger partial charge in [0.15, 0.2) is 5.43 Å². The molecule has 4 nitrogen and oxygen atoms in total. The molecular weight excluding hydrogens is 371 g/mol. The van der Waals surface area contributed by atoms with E-state index in [2.05, 4.69) is 10.3 Å². The average molecular weight is 391 g/mol. The van der Waals surface area contributed by atoms with Gasteiger partial charge in [0.25, 0.3) is 5.91 Å². The van der Waals surface area contributed by atoms with Gasteiger partial charge in [-0.25, -0.2) is 0 Å². The molecule has 136 valence electrons. The van der Waals surface area contributed by atoms with Gasteiger partial charge in [0.2, 0.25) is 0 Å². The van der Waals surface area contributed by atoms with Crippen LogP contribution in [0.5, 0.6) is 0 Å². The average Bonchev–Trinajstić information content (AvgIpc) is 2.56. The Morgan fingerprint density at radius 1 is 1.04 bits per heavy atom. The molecule has 0 saturated heterocycles. The minimum atomic E-state index is -0.290. The largest absolute Gasteiger partial charge is 0.349 e. The molecule has 4 aliphatic rings. The third kappa shape index (κ3) is 2.57. The molecule has 1 heterocycles. The Balaban J connectivity index is 1.50. The van der Waals surface area contributed by atoms with Crippen LogP contribution in [-0.2, 0) is 0 Å². The van der Waals surface area contributed by atoms with Gasteiger partial charge in [-0.15, -0.1) is 0 Å². The lowest BCUT2D eigenvalue weighted by molar-refractivity contribution is -0.0167. The fourth-order valence-electron chi connectivity index (χ4n) is 5.98. The van der Waals surface area contributed by atoms with Crippen LogP contribution < -0.4 is 10.7 Å².